The number of nitrogens with two attached hydrogens (primary N) is 1. The molecule has 0 spiro atoms. The molecule has 0 aliphatic carbocycles. The van der Waals surface area contributed by atoms with Gasteiger partial charge in [0.15, 0.2) is 14.8 Å². The van der Waals surface area contributed by atoms with Crippen molar-refractivity contribution >= 4 is 67.9 Å². The number of thiazole rings is 2. The van der Waals surface area contributed by atoms with Gasteiger partial charge < -0.3 is 25.0 Å². The van der Waals surface area contributed by atoms with Crippen LogP contribution in [0.1, 0.15) is 5.69 Å². The van der Waals surface area contributed by atoms with Crippen molar-refractivity contribution in [2.45, 2.75) is 0 Å². The Morgan fingerprint density at radius 2 is 2.22 bits per heavy atom. The summed E-state index contributed by atoms with van der Waals surface area (Å²) >= 11 is 7.60. The molecule has 0 unspecified atom stereocenters. The van der Waals surface area contributed by atoms with Crippen LogP contribution < -0.4 is 10.5 Å². The lowest BCUT2D eigenvalue weighted by Crippen LogP contribution is -2.23. The van der Waals surface area contributed by atoms with Crippen LogP contribution in [0.15, 0.2) is 28.7 Å². The van der Waals surface area contributed by atoms with Gasteiger partial charge in [-0.3, -0.25) is 0 Å². The van der Waals surface area contributed by atoms with Gasteiger partial charge in [0.2, 0.25) is 12.3 Å². The van der Waals surface area contributed by atoms with E-state index in [2.05, 4.69) is 19.9 Å². The zero-order valence-corrected chi connectivity index (χ0v) is 16.2. The number of nitrogen functional groups attached to an aromatic ring is 1. The molecule has 1 aromatic carbocycles. The molecule has 3 rings (SSSR count). The van der Waals surface area contributed by atoms with Gasteiger partial charge in [-0.2, -0.15) is 0 Å². The summed E-state index contributed by atoms with van der Waals surface area (Å²) < 4.78 is 11.3. The fourth-order valence-corrected chi connectivity index (χ4v) is 3.65. The van der Waals surface area contributed by atoms with Crippen molar-refractivity contribution in [3.05, 3.63) is 33.2 Å². The van der Waals surface area contributed by atoms with Gasteiger partial charge in [-0.05, 0) is 24.4 Å². The van der Waals surface area contributed by atoms with E-state index in [1.807, 2.05) is 6.07 Å². The summed E-state index contributed by atoms with van der Waals surface area (Å²) in [7, 11) is 1.21. The number of nitrogens with one attached hydrogen (secondary N) is 1. The monoisotopic (exact) mass is 424 g/mol. The van der Waals surface area contributed by atoms with Gasteiger partial charge in [-0.25, -0.2) is 14.6 Å². The number of anilines is 1. The van der Waals surface area contributed by atoms with E-state index in [1.165, 1.54) is 23.8 Å². The quantitative estimate of drug-likeness (QED) is 0.203. The predicted octanol–water partition coefficient (Wildman–Crippen LogP) is 2.50. The molecule has 12 heteroatoms. The van der Waals surface area contributed by atoms with Crippen LogP contribution in [-0.2, 0) is 19.2 Å². The van der Waals surface area contributed by atoms with Gasteiger partial charge >= 0.3 is 11.9 Å². The molecule has 0 amide bonds. The summed E-state index contributed by atoms with van der Waals surface area (Å²) in [4.78, 5) is 35.7. The van der Waals surface area contributed by atoms with E-state index in [4.69, 9.17) is 27.5 Å². The second-order valence-corrected chi connectivity index (χ2v) is 7.50. The highest BCUT2D eigenvalue weighted by molar-refractivity contribution is 7.73. The Balaban J connectivity index is 1.89. The highest BCUT2D eigenvalue weighted by Crippen LogP contribution is 2.28. The molecular formula is C15H12N4O5S3. The number of rotatable bonds is 6. The lowest BCUT2D eigenvalue weighted by Gasteiger charge is -2.06. The third-order valence-electron chi connectivity index (χ3n) is 3.14. The van der Waals surface area contributed by atoms with Crippen LogP contribution >= 0.6 is 34.9 Å². The number of fused-ring (bicyclic) bond motifs is 1. The lowest BCUT2D eigenvalue weighted by atomic mass is 10.3. The maximum atomic E-state index is 12.7. The summed E-state index contributed by atoms with van der Waals surface area (Å²) in [6, 6.07) is 5.19. The highest BCUT2D eigenvalue weighted by atomic mass is 32.1. The number of H-pyrrole nitrogens is 1. The molecule has 0 bridgehead atoms. The Hall–Kier alpha value is -2.83. The maximum Gasteiger partial charge on any atom is 0.368 e. The molecule has 0 radical (unpaired) electrons. The number of carbonyl (C=O) groups excluding carboxylic acids is 2. The number of benzene rings is 1. The maximum absolute atomic E-state index is 12.7. The van der Waals surface area contributed by atoms with Crippen LogP contribution in [0.4, 0.5) is 5.13 Å². The fraction of sp³-hybridized carbons (Fsp3) is 0.133. The van der Waals surface area contributed by atoms with Crippen LogP contribution in [0, 0.1) is 3.95 Å². The third kappa shape index (κ3) is 4.48. The average molecular weight is 424 g/mol. The van der Waals surface area contributed by atoms with Crippen LogP contribution in [0.5, 0.6) is 5.75 Å². The smallest absolute Gasteiger partial charge is 0.368 e. The number of oxime groups is 1. The SMILES string of the molecule is COC(=O)CON=C(C(=O)Oc1cccc2sc(=S)[nH]c12)c1csc(N)n1. The van der Waals surface area contributed by atoms with Crippen molar-refractivity contribution in [1.29, 1.82) is 0 Å². The Morgan fingerprint density at radius 3 is 2.93 bits per heavy atom. The van der Waals surface area contributed by atoms with Crippen molar-refractivity contribution in [3.8, 4) is 5.75 Å². The number of esters is 2. The number of methoxy groups -OCH3 is 1. The van der Waals surface area contributed by atoms with E-state index >= 15 is 0 Å². The molecule has 0 saturated heterocycles. The van der Waals surface area contributed by atoms with Crippen LogP contribution in [0.25, 0.3) is 10.2 Å². The zero-order valence-electron chi connectivity index (χ0n) is 13.8. The Bertz CT molecular complexity index is 1080. The van der Waals surface area contributed by atoms with Crippen LogP contribution in [-0.4, -0.2) is 41.3 Å². The minimum Gasteiger partial charge on any atom is -0.466 e. The summed E-state index contributed by atoms with van der Waals surface area (Å²) in [5.74, 6) is -1.21. The number of aromatic amines is 1. The molecule has 27 heavy (non-hydrogen) atoms. The zero-order chi connectivity index (χ0) is 19.4. The molecule has 3 N–H and O–H groups in total. The van der Waals surface area contributed by atoms with E-state index in [1.54, 1.807) is 12.1 Å². The Kier molecular flexibility index (Phi) is 5.78. The first kappa shape index (κ1) is 18.9. The molecule has 0 atom stereocenters. The van der Waals surface area contributed by atoms with E-state index in [9.17, 15) is 9.59 Å². The van der Waals surface area contributed by atoms with Gasteiger partial charge in [0.05, 0.1) is 11.8 Å². The van der Waals surface area contributed by atoms with E-state index < -0.39 is 18.5 Å². The third-order valence-corrected chi connectivity index (χ3v) is 5.02. The first-order valence-electron chi connectivity index (χ1n) is 7.30. The minimum atomic E-state index is -0.830. The van der Waals surface area contributed by atoms with Crippen molar-refractivity contribution in [2.75, 3.05) is 19.5 Å². The number of nitrogens with zero attached hydrogens (tertiary/aromatic N) is 2. The normalized spacial score (nSPS) is 11.4. The second kappa shape index (κ2) is 8.24. The second-order valence-electron chi connectivity index (χ2n) is 4.89. The minimum absolute atomic E-state index is 0.165. The number of aromatic nitrogens is 2. The molecule has 140 valence electrons. The van der Waals surface area contributed by atoms with Crippen molar-refractivity contribution in [1.82, 2.24) is 9.97 Å². The Labute approximate surface area is 165 Å². The molecule has 0 saturated carbocycles. The molecule has 0 fully saturated rings. The standard InChI is InChI=1S/C15H12N4O5S3/c1-22-10(20)5-23-19-11(7-6-26-14(16)17-7)13(21)24-8-3-2-4-9-12(8)18-15(25)27-9/h2-4,6H,5H2,1H3,(H2,16,17)(H,18,25). The lowest BCUT2D eigenvalue weighted by molar-refractivity contribution is -0.146. The summed E-state index contributed by atoms with van der Waals surface area (Å²) in [5, 5.41) is 5.44. The summed E-state index contributed by atoms with van der Waals surface area (Å²) in [6.07, 6.45) is 0. The summed E-state index contributed by atoms with van der Waals surface area (Å²) in [6.45, 7) is -0.472. The average Bonchev–Trinajstić information content (AvgIpc) is 3.23. The largest absolute Gasteiger partial charge is 0.466 e. The molecule has 2 aromatic heterocycles. The first-order chi connectivity index (χ1) is 13.0. The molecule has 2 heterocycles. The van der Waals surface area contributed by atoms with Gasteiger partial charge in [0, 0.05) is 5.38 Å². The topological polar surface area (TPSA) is 129 Å². The number of para-hydroxylation sites is 1. The summed E-state index contributed by atoms with van der Waals surface area (Å²) in [5.41, 5.74) is 6.13. The van der Waals surface area contributed by atoms with Crippen LogP contribution in [0.3, 0.4) is 0 Å². The Morgan fingerprint density at radius 1 is 1.41 bits per heavy atom. The highest BCUT2D eigenvalue weighted by Gasteiger charge is 2.22. The van der Waals surface area contributed by atoms with Crippen molar-refractivity contribution in [2.24, 2.45) is 5.16 Å². The molecular weight excluding hydrogens is 412 g/mol. The number of carbonyl (C=O) groups is 2. The van der Waals surface area contributed by atoms with Crippen molar-refractivity contribution < 1.29 is 23.9 Å². The molecule has 0 aliphatic rings. The molecule has 0 aliphatic heterocycles. The van der Waals surface area contributed by atoms with Gasteiger partial charge in [0.25, 0.3) is 0 Å². The fourth-order valence-electron chi connectivity index (χ4n) is 1.97. The molecule has 9 nitrogen and oxygen atoms in total. The number of hydrogen-bond acceptors (Lipinski definition) is 11. The van der Waals surface area contributed by atoms with Crippen molar-refractivity contribution in [3.63, 3.8) is 0 Å². The number of ether oxygens (including phenoxy) is 2. The van der Waals surface area contributed by atoms with Gasteiger partial charge in [0.1, 0.15) is 11.2 Å². The van der Waals surface area contributed by atoms with E-state index in [0.29, 0.717) is 9.47 Å². The van der Waals surface area contributed by atoms with Gasteiger partial charge in [-0.15, -0.1) is 22.7 Å². The van der Waals surface area contributed by atoms with E-state index in [-0.39, 0.29) is 22.3 Å². The number of hydrogen-bond donors (Lipinski definition) is 2. The predicted molar refractivity (Wildman–Crippen MR) is 104 cm³/mol. The van der Waals surface area contributed by atoms with Gasteiger partial charge in [-0.1, -0.05) is 11.2 Å². The van der Waals surface area contributed by atoms with Crippen LogP contribution in [0.2, 0.25) is 0 Å². The van der Waals surface area contributed by atoms with E-state index in [0.717, 1.165) is 16.0 Å². The first-order valence-corrected chi connectivity index (χ1v) is 9.40. The molecule has 3 aromatic rings.